The maximum absolute atomic E-state index is 12.7. The molecule has 0 fully saturated rings. The molecule has 0 bridgehead atoms. The molecule has 1 aliphatic carbocycles. The first kappa shape index (κ1) is 8.37. The van der Waals surface area contributed by atoms with Crippen LogP contribution in [0, 0.1) is 5.92 Å². The van der Waals surface area contributed by atoms with Crippen LogP contribution >= 0.6 is 0 Å². The van der Waals surface area contributed by atoms with Gasteiger partial charge < -0.3 is 0 Å². The molecule has 0 saturated heterocycles. The lowest BCUT2D eigenvalue weighted by Crippen LogP contribution is -2.16. The molecule has 0 saturated carbocycles. The minimum absolute atomic E-state index is 0.0492. The molecule has 3 heteroatoms. The van der Waals surface area contributed by atoms with E-state index in [1.165, 1.54) is 13.8 Å². The highest BCUT2D eigenvalue weighted by molar-refractivity contribution is 5.32. The third-order valence-corrected chi connectivity index (χ3v) is 1.84. The van der Waals surface area contributed by atoms with Crippen molar-refractivity contribution in [2.75, 3.05) is 0 Å². The molecular weight excluding hydrogens is 153 g/mol. The zero-order valence-electron chi connectivity index (χ0n) is 6.37. The Labute approximate surface area is 63.4 Å². The molecule has 2 unspecified atom stereocenters. The number of hydrogen-bond acceptors (Lipinski definition) is 0. The van der Waals surface area contributed by atoms with Gasteiger partial charge in [0.05, 0.1) is 0 Å². The van der Waals surface area contributed by atoms with E-state index in [-0.39, 0.29) is 5.57 Å². The van der Waals surface area contributed by atoms with E-state index in [9.17, 15) is 13.2 Å². The van der Waals surface area contributed by atoms with E-state index in [2.05, 4.69) is 0 Å². The largest absolute Gasteiger partial charge is 0.242 e. The van der Waals surface area contributed by atoms with E-state index in [1.807, 2.05) is 0 Å². The van der Waals surface area contributed by atoms with Crippen molar-refractivity contribution in [1.29, 1.82) is 0 Å². The van der Waals surface area contributed by atoms with Crippen LogP contribution in [0.2, 0.25) is 0 Å². The van der Waals surface area contributed by atoms with Gasteiger partial charge in [0.25, 0.3) is 0 Å². The lowest BCUT2D eigenvalue weighted by molar-refractivity contribution is 0.277. The number of hydrogen-bond donors (Lipinski definition) is 0. The molecule has 0 spiro atoms. The summed E-state index contributed by atoms with van der Waals surface area (Å²) in [4.78, 5) is 0. The summed E-state index contributed by atoms with van der Waals surface area (Å²) in [6, 6.07) is 0. The van der Waals surface area contributed by atoms with Crippen LogP contribution in [0.25, 0.3) is 0 Å². The van der Waals surface area contributed by atoms with Crippen molar-refractivity contribution in [2.24, 2.45) is 5.92 Å². The van der Waals surface area contributed by atoms with Crippen LogP contribution < -0.4 is 0 Å². The van der Waals surface area contributed by atoms with Crippen molar-refractivity contribution >= 4 is 0 Å². The summed E-state index contributed by atoms with van der Waals surface area (Å²) >= 11 is 0. The summed E-state index contributed by atoms with van der Waals surface area (Å²) in [6.45, 7) is 2.68. The van der Waals surface area contributed by atoms with Crippen LogP contribution in [0.1, 0.15) is 13.8 Å². The second-order valence-electron chi connectivity index (χ2n) is 2.74. The lowest BCUT2D eigenvalue weighted by Gasteiger charge is -2.18. The van der Waals surface area contributed by atoms with Gasteiger partial charge in [-0.05, 0) is 18.6 Å². The Morgan fingerprint density at radius 2 is 1.91 bits per heavy atom. The van der Waals surface area contributed by atoms with Crippen molar-refractivity contribution < 1.29 is 13.2 Å². The molecule has 0 heterocycles. The smallest absolute Gasteiger partial charge is 0.157 e. The fourth-order valence-corrected chi connectivity index (χ4v) is 0.984. The van der Waals surface area contributed by atoms with Crippen LogP contribution in [-0.4, -0.2) is 6.17 Å². The van der Waals surface area contributed by atoms with Gasteiger partial charge in [0.1, 0.15) is 12.0 Å². The first-order chi connectivity index (χ1) is 5.04. The molecule has 0 amide bonds. The zero-order valence-corrected chi connectivity index (χ0v) is 6.37. The van der Waals surface area contributed by atoms with Crippen molar-refractivity contribution in [3.8, 4) is 0 Å². The molecule has 1 aliphatic rings. The minimum Gasteiger partial charge on any atom is -0.242 e. The molecule has 0 aromatic carbocycles. The van der Waals surface area contributed by atoms with Gasteiger partial charge in [-0.3, -0.25) is 0 Å². The summed E-state index contributed by atoms with van der Waals surface area (Å²) < 4.78 is 38.1. The molecule has 0 nitrogen and oxygen atoms in total. The Kier molecular flexibility index (Phi) is 2.07. The quantitative estimate of drug-likeness (QED) is 0.513. The highest BCUT2D eigenvalue weighted by Gasteiger charge is 2.27. The number of allylic oxidation sites excluding steroid dienone is 4. The van der Waals surface area contributed by atoms with E-state index >= 15 is 0 Å². The Morgan fingerprint density at radius 3 is 2.45 bits per heavy atom. The van der Waals surface area contributed by atoms with Gasteiger partial charge in [-0.2, -0.15) is 0 Å². The van der Waals surface area contributed by atoms with Gasteiger partial charge in [0.15, 0.2) is 5.83 Å². The summed E-state index contributed by atoms with van der Waals surface area (Å²) in [5.41, 5.74) is 0.0492. The molecule has 0 aromatic rings. The Balaban J connectivity index is 3.02. The van der Waals surface area contributed by atoms with Crippen LogP contribution in [0.5, 0.6) is 0 Å². The van der Waals surface area contributed by atoms with E-state index in [4.69, 9.17) is 0 Å². The first-order valence-electron chi connectivity index (χ1n) is 3.42. The van der Waals surface area contributed by atoms with Crippen molar-refractivity contribution in [3.05, 3.63) is 23.3 Å². The molecule has 62 valence electrons. The standard InChI is InChI=1S/C8H9F3/c1-4-3-6(9)5(2)8(11)7(4)10/h3,5-6H,1-2H3. The summed E-state index contributed by atoms with van der Waals surface area (Å²) in [6.07, 6.45) is -0.294. The van der Waals surface area contributed by atoms with Crippen LogP contribution in [0.3, 0.4) is 0 Å². The fraction of sp³-hybridized carbons (Fsp3) is 0.500. The topological polar surface area (TPSA) is 0 Å². The summed E-state index contributed by atoms with van der Waals surface area (Å²) in [5.74, 6) is -2.86. The molecule has 0 aliphatic heterocycles. The molecule has 0 aromatic heterocycles. The molecule has 11 heavy (non-hydrogen) atoms. The number of rotatable bonds is 0. The maximum Gasteiger partial charge on any atom is 0.157 e. The van der Waals surface area contributed by atoms with Crippen LogP contribution in [0.15, 0.2) is 23.3 Å². The number of halogens is 3. The minimum atomic E-state index is -1.39. The van der Waals surface area contributed by atoms with Gasteiger partial charge in [0.2, 0.25) is 0 Å². The van der Waals surface area contributed by atoms with Gasteiger partial charge >= 0.3 is 0 Å². The van der Waals surface area contributed by atoms with Crippen LogP contribution in [0.4, 0.5) is 13.2 Å². The van der Waals surface area contributed by atoms with Gasteiger partial charge in [0, 0.05) is 5.92 Å². The summed E-state index contributed by atoms with van der Waals surface area (Å²) in [5, 5.41) is 0. The van der Waals surface area contributed by atoms with Gasteiger partial charge in [-0.25, -0.2) is 13.2 Å². The zero-order chi connectivity index (χ0) is 8.59. The molecule has 0 N–H and O–H groups in total. The SMILES string of the molecule is CC1=CC(F)C(C)C(F)=C1F. The van der Waals surface area contributed by atoms with E-state index in [0.29, 0.717) is 0 Å². The predicted molar refractivity (Wildman–Crippen MR) is 37.1 cm³/mol. The Morgan fingerprint density at radius 1 is 1.36 bits per heavy atom. The molecule has 0 radical (unpaired) electrons. The predicted octanol–water partition coefficient (Wildman–Crippen LogP) is 3.07. The third kappa shape index (κ3) is 1.32. The average molecular weight is 162 g/mol. The van der Waals surface area contributed by atoms with Gasteiger partial charge in [-0.15, -0.1) is 0 Å². The van der Waals surface area contributed by atoms with Crippen molar-refractivity contribution in [2.45, 2.75) is 20.0 Å². The Bertz CT molecular complexity index is 227. The molecular formula is C8H9F3. The van der Waals surface area contributed by atoms with Crippen molar-refractivity contribution in [3.63, 3.8) is 0 Å². The normalized spacial score (nSPS) is 32.3. The second kappa shape index (κ2) is 2.72. The second-order valence-corrected chi connectivity index (χ2v) is 2.74. The highest BCUT2D eigenvalue weighted by Crippen LogP contribution is 2.32. The maximum atomic E-state index is 12.7. The lowest BCUT2D eigenvalue weighted by atomic mass is 9.95. The number of alkyl halides is 1. The van der Waals surface area contributed by atoms with Gasteiger partial charge in [-0.1, -0.05) is 6.92 Å². The van der Waals surface area contributed by atoms with E-state index in [1.54, 1.807) is 0 Å². The first-order valence-corrected chi connectivity index (χ1v) is 3.42. The van der Waals surface area contributed by atoms with E-state index in [0.717, 1.165) is 6.08 Å². The van der Waals surface area contributed by atoms with E-state index < -0.39 is 23.7 Å². The summed E-state index contributed by atoms with van der Waals surface area (Å²) in [7, 11) is 0. The van der Waals surface area contributed by atoms with Crippen LogP contribution in [-0.2, 0) is 0 Å². The highest BCUT2D eigenvalue weighted by atomic mass is 19.2. The molecule has 1 rings (SSSR count). The monoisotopic (exact) mass is 162 g/mol. The third-order valence-electron chi connectivity index (χ3n) is 1.84. The average Bonchev–Trinajstić information content (AvgIpc) is 1.97. The molecule has 2 atom stereocenters. The Hall–Kier alpha value is -0.730. The van der Waals surface area contributed by atoms with Crippen molar-refractivity contribution in [1.82, 2.24) is 0 Å². The fourth-order valence-electron chi connectivity index (χ4n) is 0.984.